The van der Waals surface area contributed by atoms with Crippen LogP contribution in [0.3, 0.4) is 0 Å². The number of anilines is 4. The third-order valence-electron chi connectivity index (χ3n) is 7.59. The van der Waals surface area contributed by atoms with Gasteiger partial charge in [-0.3, -0.25) is 14.2 Å². The quantitative estimate of drug-likeness (QED) is 0.219. The average Bonchev–Trinajstić information content (AvgIpc) is 3.02. The molecule has 3 heterocycles. The van der Waals surface area contributed by atoms with Gasteiger partial charge in [-0.2, -0.15) is 0 Å². The van der Waals surface area contributed by atoms with E-state index in [0.29, 0.717) is 17.2 Å². The van der Waals surface area contributed by atoms with Gasteiger partial charge in [0.1, 0.15) is 0 Å². The Labute approximate surface area is 244 Å². The van der Waals surface area contributed by atoms with Crippen molar-refractivity contribution in [1.82, 2.24) is 14.5 Å². The summed E-state index contributed by atoms with van der Waals surface area (Å²) in [6, 6.07) is 23.3. The van der Waals surface area contributed by atoms with Crippen molar-refractivity contribution in [2.75, 3.05) is 28.6 Å². The normalized spacial score (nSPS) is 13.1. The maximum atomic E-state index is 13.8. The Hall–Kier alpha value is -5.24. The van der Waals surface area contributed by atoms with E-state index in [1.54, 1.807) is 22.9 Å². The van der Waals surface area contributed by atoms with Crippen LogP contribution in [0.5, 0.6) is 0 Å². The Bertz CT molecular complexity index is 1840. The Balaban J connectivity index is 1.26. The van der Waals surface area contributed by atoms with Crippen LogP contribution in [0.4, 0.5) is 23.0 Å². The largest absolute Gasteiger partial charge is 0.372 e. The maximum absolute atomic E-state index is 13.8. The van der Waals surface area contributed by atoms with Gasteiger partial charge in [0.25, 0.3) is 5.56 Å². The number of carbonyl (C=O) groups excluding carboxylic acids is 1. The second kappa shape index (κ2) is 11.7. The molecular formula is C34H32N6O2. The molecule has 2 N–H and O–H groups in total. The summed E-state index contributed by atoms with van der Waals surface area (Å²) in [5, 5.41) is 6.75. The van der Waals surface area contributed by atoms with Crippen LogP contribution in [0, 0.1) is 6.92 Å². The zero-order chi connectivity index (χ0) is 29.1. The predicted octanol–water partition coefficient (Wildman–Crippen LogP) is 6.61. The van der Waals surface area contributed by atoms with Crippen LogP contribution in [0.15, 0.2) is 103 Å². The third kappa shape index (κ3) is 5.65. The molecule has 1 fully saturated rings. The van der Waals surface area contributed by atoms with E-state index in [0.717, 1.165) is 46.5 Å². The molecule has 42 heavy (non-hydrogen) atoms. The van der Waals surface area contributed by atoms with Crippen LogP contribution < -0.4 is 21.1 Å². The number of amides is 1. The number of rotatable bonds is 7. The number of carbonyl (C=O) groups is 1. The molecule has 210 valence electrons. The summed E-state index contributed by atoms with van der Waals surface area (Å²) < 4.78 is 1.71. The van der Waals surface area contributed by atoms with Crippen LogP contribution in [0.25, 0.3) is 27.7 Å². The van der Waals surface area contributed by atoms with E-state index < -0.39 is 0 Å². The molecular weight excluding hydrogens is 524 g/mol. The third-order valence-corrected chi connectivity index (χ3v) is 7.59. The molecule has 8 heteroatoms. The highest BCUT2D eigenvalue weighted by Gasteiger charge is 2.14. The minimum atomic E-state index is -0.281. The lowest BCUT2D eigenvalue weighted by atomic mass is 10.0. The fraction of sp³-hybridized carbons (Fsp3) is 0.176. The van der Waals surface area contributed by atoms with Gasteiger partial charge < -0.3 is 15.5 Å². The highest BCUT2D eigenvalue weighted by atomic mass is 16.1. The summed E-state index contributed by atoms with van der Waals surface area (Å²) >= 11 is 0. The molecule has 5 aromatic rings. The van der Waals surface area contributed by atoms with Crippen LogP contribution in [-0.2, 0) is 4.79 Å². The number of benzene rings is 3. The monoisotopic (exact) mass is 556 g/mol. The highest BCUT2D eigenvalue weighted by molar-refractivity contribution is 5.99. The molecule has 1 saturated heterocycles. The van der Waals surface area contributed by atoms with Crippen LogP contribution in [0.2, 0.25) is 0 Å². The molecule has 0 bridgehead atoms. The number of nitrogens with zero attached hydrogens (tertiary/aromatic N) is 4. The van der Waals surface area contributed by atoms with Gasteiger partial charge in [0.05, 0.1) is 11.1 Å². The average molecular weight is 557 g/mol. The first-order valence-corrected chi connectivity index (χ1v) is 14.1. The molecule has 6 rings (SSSR count). The Kier molecular flexibility index (Phi) is 7.51. The summed E-state index contributed by atoms with van der Waals surface area (Å²) in [5.41, 5.74) is 6.47. The molecule has 1 amide bonds. The first-order chi connectivity index (χ1) is 20.5. The van der Waals surface area contributed by atoms with Crippen LogP contribution in [-0.4, -0.2) is 33.5 Å². The van der Waals surface area contributed by atoms with Crippen molar-refractivity contribution in [2.24, 2.45) is 0 Å². The van der Waals surface area contributed by atoms with E-state index in [9.17, 15) is 9.59 Å². The van der Waals surface area contributed by atoms with E-state index >= 15 is 0 Å². The van der Waals surface area contributed by atoms with Crippen molar-refractivity contribution in [2.45, 2.75) is 26.2 Å². The van der Waals surface area contributed by atoms with Gasteiger partial charge in [0.15, 0.2) is 0 Å². The van der Waals surface area contributed by atoms with E-state index in [4.69, 9.17) is 0 Å². The van der Waals surface area contributed by atoms with Crippen LogP contribution in [0.1, 0.15) is 24.8 Å². The summed E-state index contributed by atoms with van der Waals surface area (Å²) in [6.07, 6.45) is 8.55. The van der Waals surface area contributed by atoms with E-state index in [-0.39, 0.29) is 11.5 Å². The lowest BCUT2D eigenvalue weighted by molar-refractivity contribution is -0.111. The second-order valence-corrected chi connectivity index (χ2v) is 10.5. The molecule has 1 aliphatic heterocycles. The zero-order valence-electron chi connectivity index (χ0n) is 23.5. The maximum Gasteiger partial charge on any atom is 0.263 e. The smallest absolute Gasteiger partial charge is 0.263 e. The number of piperidine rings is 1. The van der Waals surface area contributed by atoms with Gasteiger partial charge in [-0.1, -0.05) is 18.7 Å². The molecule has 8 nitrogen and oxygen atoms in total. The number of hydrogen-bond acceptors (Lipinski definition) is 6. The summed E-state index contributed by atoms with van der Waals surface area (Å²) in [6.45, 7) is 7.60. The topological polar surface area (TPSA) is 92.2 Å². The summed E-state index contributed by atoms with van der Waals surface area (Å²) in [7, 11) is 0. The molecule has 0 aliphatic carbocycles. The number of fused-ring (bicyclic) bond motifs is 1. The molecule has 0 atom stereocenters. The number of pyridine rings is 1. The van der Waals surface area contributed by atoms with Gasteiger partial charge in [-0.15, -0.1) is 0 Å². The first kappa shape index (κ1) is 27.0. The van der Waals surface area contributed by atoms with E-state index in [1.807, 2.05) is 61.7 Å². The fourth-order valence-corrected chi connectivity index (χ4v) is 5.40. The van der Waals surface area contributed by atoms with Gasteiger partial charge in [0, 0.05) is 53.6 Å². The highest BCUT2D eigenvalue weighted by Crippen LogP contribution is 2.27. The van der Waals surface area contributed by atoms with Crippen LogP contribution >= 0.6 is 0 Å². The fourth-order valence-electron chi connectivity index (χ4n) is 5.40. The van der Waals surface area contributed by atoms with Crippen molar-refractivity contribution in [3.05, 3.63) is 114 Å². The molecule has 0 radical (unpaired) electrons. The molecule has 0 saturated carbocycles. The van der Waals surface area contributed by atoms with Crippen molar-refractivity contribution in [3.63, 3.8) is 0 Å². The summed E-state index contributed by atoms with van der Waals surface area (Å²) in [4.78, 5) is 36.9. The van der Waals surface area contributed by atoms with Gasteiger partial charge in [-0.25, -0.2) is 9.97 Å². The Morgan fingerprint density at radius 2 is 1.69 bits per heavy atom. The van der Waals surface area contributed by atoms with Crippen molar-refractivity contribution in [3.8, 4) is 16.8 Å². The Morgan fingerprint density at radius 1 is 0.929 bits per heavy atom. The van der Waals surface area contributed by atoms with Crippen molar-refractivity contribution >= 4 is 39.8 Å². The Morgan fingerprint density at radius 3 is 2.48 bits per heavy atom. The minimum absolute atomic E-state index is 0.0669. The lowest BCUT2D eigenvalue weighted by Gasteiger charge is -2.28. The van der Waals surface area contributed by atoms with Crippen molar-refractivity contribution < 1.29 is 4.79 Å². The zero-order valence-corrected chi connectivity index (χ0v) is 23.5. The van der Waals surface area contributed by atoms with Gasteiger partial charge in [0.2, 0.25) is 11.9 Å². The molecule has 0 spiro atoms. The number of aryl methyl sites for hydroxylation is 1. The minimum Gasteiger partial charge on any atom is -0.372 e. The number of nitrogens with one attached hydrogen (secondary N) is 2. The lowest BCUT2D eigenvalue weighted by Crippen LogP contribution is -2.29. The van der Waals surface area contributed by atoms with Crippen molar-refractivity contribution in [1.29, 1.82) is 0 Å². The predicted molar refractivity (Wildman–Crippen MR) is 170 cm³/mol. The number of aromatic nitrogens is 3. The molecule has 0 unspecified atom stereocenters. The molecule has 3 aromatic carbocycles. The van der Waals surface area contributed by atoms with E-state index in [2.05, 4.69) is 44.2 Å². The summed E-state index contributed by atoms with van der Waals surface area (Å²) in [5.74, 6) is 0.143. The SMILES string of the molecule is C=CC(=O)Nc1cccc(Nc2ncc3cc(-c4c(C)ccn(-c5ccc(N6CCCCC6)cc5)c4=O)ccc3n2)c1. The molecule has 1 aliphatic rings. The molecule has 2 aromatic heterocycles. The van der Waals surface area contributed by atoms with E-state index in [1.165, 1.54) is 31.0 Å². The second-order valence-electron chi connectivity index (χ2n) is 10.5. The standard InChI is InChI=1S/C34H32N6O2/c1-3-31(41)36-26-8-7-9-27(21-26)37-34-35-22-25-20-24(10-15-30(25)38-34)32-23(2)16-19-40(33(32)42)29-13-11-28(12-14-29)39-17-5-4-6-18-39/h3,7-16,19-22H,1,4-6,17-18H2,2H3,(H,36,41)(H,35,37,38). The number of hydrogen-bond donors (Lipinski definition) is 2. The van der Waals surface area contributed by atoms with Gasteiger partial charge in [-0.05, 0) is 104 Å². The first-order valence-electron chi connectivity index (χ1n) is 14.1. The van der Waals surface area contributed by atoms with Gasteiger partial charge >= 0.3 is 0 Å².